The lowest BCUT2D eigenvalue weighted by atomic mass is 10.1. The van der Waals surface area contributed by atoms with E-state index in [1.807, 2.05) is 38.1 Å². The SMILES string of the molecule is Cc1ccc(-c2ocnc2C(=O)NCCC(C)N)cc1. The van der Waals surface area contributed by atoms with E-state index in [9.17, 15) is 4.79 Å². The molecule has 1 aromatic heterocycles. The van der Waals surface area contributed by atoms with Crippen molar-refractivity contribution in [3.8, 4) is 11.3 Å². The highest BCUT2D eigenvalue weighted by atomic mass is 16.3. The van der Waals surface area contributed by atoms with E-state index < -0.39 is 0 Å². The monoisotopic (exact) mass is 273 g/mol. The number of hydrogen-bond donors (Lipinski definition) is 2. The molecule has 1 amide bonds. The van der Waals surface area contributed by atoms with Gasteiger partial charge in [-0.15, -0.1) is 0 Å². The zero-order valence-corrected chi connectivity index (χ0v) is 11.7. The Labute approximate surface area is 118 Å². The number of rotatable bonds is 5. The molecule has 20 heavy (non-hydrogen) atoms. The molecule has 106 valence electrons. The van der Waals surface area contributed by atoms with E-state index in [4.69, 9.17) is 10.2 Å². The summed E-state index contributed by atoms with van der Waals surface area (Å²) in [6, 6.07) is 7.82. The summed E-state index contributed by atoms with van der Waals surface area (Å²) in [7, 11) is 0. The van der Waals surface area contributed by atoms with Gasteiger partial charge in [-0.2, -0.15) is 0 Å². The van der Waals surface area contributed by atoms with Crippen molar-refractivity contribution in [1.29, 1.82) is 0 Å². The van der Waals surface area contributed by atoms with Gasteiger partial charge in [-0.1, -0.05) is 29.8 Å². The molecule has 0 saturated carbocycles. The van der Waals surface area contributed by atoms with Crippen molar-refractivity contribution < 1.29 is 9.21 Å². The van der Waals surface area contributed by atoms with Gasteiger partial charge in [-0.25, -0.2) is 4.98 Å². The Bertz CT molecular complexity index is 573. The van der Waals surface area contributed by atoms with Gasteiger partial charge in [-0.05, 0) is 20.3 Å². The average Bonchev–Trinajstić information content (AvgIpc) is 2.88. The fourth-order valence-electron chi connectivity index (χ4n) is 1.81. The standard InChI is InChI=1S/C15H19N3O2/c1-10-3-5-12(6-4-10)14-13(18-9-20-14)15(19)17-8-7-11(2)16/h3-6,9,11H,7-8,16H2,1-2H3,(H,17,19). The first kappa shape index (κ1) is 14.3. The van der Waals surface area contributed by atoms with Crippen LogP contribution in [0, 0.1) is 6.92 Å². The van der Waals surface area contributed by atoms with Gasteiger partial charge in [0.05, 0.1) is 0 Å². The van der Waals surface area contributed by atoms with Crippen LogP contribution in [0.15, 0.2) is 35.1 Å². The van der Waals surface area contributed by atoms with Gasteiger partial charge in [0.15, 0.2) is 17.8 Å². The normalized spacial score (nSPS) is 12.2. The van der Waals surface area contributed by atoms with Crippen molar-refractivity contribution in [1.82, 2.24) is 10.3 Å². The van der Waals surface area contributed by atoms with Crippen LogP contribution in [0.1, 0.15) is 29.4 Å². The number of nitrogens with two attached hydrogens (primary N) is 1. The molecule has 2 aromatic rings. The Morgan fingerprint density at radius 1 is 1.40 bits per heavy atom. The van der Waals surface area contributed by atoms with Crippen LogP contribution in [0.2, 0.25) is 0 Å². The number of oxazole rings is 1. The minimum absolute atomic E-state index is 0.0594. The first-order valence-electron chi connectivity index (χ1n) is 6.62. The second-order valence-electron chi connectivity index (χ2n) is 4.92. The lowest BCUT2D eigenvalue weighted by molar-refractivity contribution is 0.0948. The van der Waals surface area contributed by atoms with Crippen LogP contribution in [-0.4, -0.2) is 23.5 Å². The number of carbonyl (C=O) groups is 1. The Morgan fingerprint density at radius 2 is 2.10 bits per heavy atom. The molecule has 0 aliphatic heterocycles. The molecule has 3 N–H and O–H groups in total. The maximum atomic E-state index is 12.1. The summed E-state index contributed by atoms with van der Waals surface area (Å²) in [6.45, 7) is 4.43. The molecule has 0 spiro atoms. The molecule has 1 heterocycles. The fourth-order valence-corrected chi connectivity index (χ4v) is 1.81. The first-order chi connectivity index (χ1) is 9.58. The summed E-state index contributed by atoms with van der Waals surface area (Å²) >= 11 is 0. The van der Waals surface area contributed by atoms with E-state index in [1.165, 1.54) is 6.39 Å². The summed E-state index contributed by atoms with van der Waals surface area (Å²) in [4.78, 5) is 16.1. The van der Waals surface area contributed by atoms with Crippen LogP contribution in [0.5, 0.6) is 0 Å². The molecule has 0 aliphatic carbocycles. The van der Waals surface area contributed by atoms with Gasteiger partial charge in [0, 0.05) is 18.2 Å². The molecule has 0 saturated heterocycles. The second kappa shape index (κ2) is 6.34. The lowest BCUT2D eigenvalue weighted by Gasteiger charge is -2.06. The predicted molar refractivity (Wildman–Crippen MR) is 77.3 cm³/mol. The highest BCUT2D eigenvalue weighted by molar-refractivity contribution is 5.97. The summed E-state index contributed by atoms with van der Waals surface area (Å²) in [6.07, 6.45) is 2.01. The maximum absolute atomic E-state index is 12.1. The van der Waals surface area contributed by atoms with Crippen molar-refractivity contribution in [2.24, 2.45) is 5.73 Å². The van der Waals surface area contributed by atoms with Crippen LogP contribution >= 0.6 is 0 Å². The molecule has 1 unspecified atom stereocenters. The quantitative estimate of drug-likeness (QED) is 0.874. The number of aryl methyl sites for hydroxylation is 1. The van der Waals surface area contributed by atoms with Gasteiger partial charge < -0.3 is 15.5 Å². The highest BCUT2D eigenvalue weighted by Crippen LogP contribution is 2.23. The van der Waals surface area contributed by atoms with Gasteiger partial charge >= 0.3 is 0 Å². The number of benzene rings is 1. The van der Waals surface area contributed by atoms with E-state index in [-0.39, 0.29) is 11.9 Å². The number of nitrogens with one attached hydrogen (secondary N) is 1. The topological polar surface area (TPSA) is 81.2 Å². The van der Waals surface area contributed by atoms with Crippen molar-refractivity contribution in [2.75, 3.05) is 6.54 Å². The summed E-state index contributed by atoms with van der Waals surface area (Å²) in [5.41, 5.74) is 7.94. The van der Waals surface area contributed by atoms with E-state index in [0.717, 1.165) is 17.5 Å². The fraction of sp³-hybridized carbons (Fsp3) is 0.333. The van der Waals surface area contributed by atoms with Crippen molar-refractivity contribution in [3.63, 3.8) is 0 Å². The lowest BCUT2D eigenvalue weighted by Crippen LogP contribution is -2.29. The van der Waals surface area contributed by atoms with E-state index in [2.05, 4.69) is 10.3 Å². The van der Waals surface area contributed by atoms with Crippen LogP contribution in [0.3, 0.4) is 0 Å². The molecule has 0 aliphatic rings. The Balaban J connectivity index is 2.12. The minimum Gasteiger partial charge on any atom is -0.443 e. The average molecular weight is 273 g/mol. The second-order valence-corrected chi connectivity index (χ2v) is 4.92. The van der Waals surface area contributed by atoms with Gasteiger partial charge in [0.2, 0.25) is 0 Å². The zero-order valence-electron chi connectivity index (χ0n) is 11.7. The molecule has 0 radical (unpaired) electrons. The molecule has 1 aromatic carbocycles. The van der Waals surface area contributed by atoms with Gasteiger partial charge in [0.1, 0.15) is 0 Å². The maximum Gasteiger partial charge on any atom is 0.273 e. The molecule has 0 fully saturated rings. The number of nitrogens with zero attached hydrogens (tertiary/aromatic N) is 1. The van der Waals surface area contributed by atoms with Crippen molar-refractivity contribution in [3.05, 3.63) is 41.9 Å². The summed E-state index contributed by atoms with van der Waals surface area (Å²) < 4.78 is 5.34. The smallest absolute Gasteiger partial charge is 0.273 e. The van der Waals surface area contributed by atoms with Gasteiger partial charge in [-0.3, -0.25) is 4.79 Å². The molecule has 2 rings (SSSR count). The van der Waals surface area contributed by atoms with Crippen LogP contribution in [0.25, 0.3) is 11.3 Å². The molecular weight excluding hydrogens is 254 g/mol. The van der Waals surface area contributed by atoms with Crippen molar-refractivity contribution in [2.45, 2.75) is 26.3 Å². The van der Waals surface area contributed by atoms with Crippen LogP contribution in [-0.2, 0) is 0 Å². The Hall–Kier alpha value is -2.14. The van der Waals surface area contributed by atoms with Crippen LogP contribution in [0.4, 0.5) is 0 Å². The third kappa shape index (κ3) is 3.45. The predicted octanol–water partition coefficient (Wildman–Crippen LogP) is 2.12. The molecule has 1 atom stereocenters. The summed E-state index contributed by atoms with van der Waals surface area (Å²) in [5.74, 6) is 0.248. The Kier molecular flexibility index (Phi) is 4.53. The minimum atomic E-state index is -0.241. The molecule has 0 bridgehead atoms. The third-order valence-electron chi connectivity index (χ3n) is 2.98. The van der Waals surface area contributed by atoms with E-state index in [0.29, 0.717) is 18.0 Å². The first-order valence-corrected chi connectivity index (χ1v) is 6.62. The van der Waals surface area contributed by atoms with Gasteiger partial charge in [0.25, 0.3) is 5.91 Å². The van der Waals surface area contributed by atoms with Crippen molar-refractivity contribution >= 4 is 5.91 Å². The number of carbonyl (C=O) groups excluding carboxylic acids is 1. The zero-order chi connectivity index (χ0) is 14.5. The molecule has 5 heteroatoms. The molecule has 5 nitrogen and oxygen atoms in total. The summed E-state index contributed by atoms with van der Waals surface area (Å²) in [5, 5.41) is 2.80. The number of amides is 1. The number of hydrogen-bond acceptors (Lipinski definition) is 4. The third-order valence-corrected chi connectivity index (χ3v) is 2.98. The largest absolute Gasteiger partial charge is 0.443 e. The highest BCUT2D eigenvalue weighted by Gasteiger charge is 2.17. The number of aromatic nitrogens is 1. The van der Waals surface area contributed by atoms with E-state index in [1.54, 1.807) is 0 Å². The Morgan fingerprint density at radius 3 is 2.75 bits per heavy atom. The molecular formula is C15H19N3O2. The van der Waals surface area contributed by atoms with Crippen LogP contribution < -0.4 is 11.1 Å². The van der Waals surface area contributed by atoms with E-state index >= 15 is 0 Å².